The Morgan fingerprint density at radius 2 is 2.06 bits per heavy atom. The van der Waals surface area contributed by atoms with E-state index in [0.29, 0.717) is 31.2 Å². The molecule has 1 unspecified atom stereocenters. The van der Waals surface area contributed by atoms with Crippen LogP contribution in [-0.2, 0) is 16.7 Å². The monoisotopic (exact) mass is 440 g/mol. The number of carbonyl (C=O) groups is 1. The summed E-state index contributed by atoms with van der Waals surface area (Å²) in [6.07, 6.45) is 5.15. The zero-order valence-corrected chi connectivity index (χ0v) is 19.5. The molecule has 0 bridgehead atoms. The summed E-state index contributed by atoms with van der Waals surface area (Å²) in [6.45, 7) is 9.65. The van der Waals surface area contributed by atoms with Crippen LogP contribution < -0.4 is 10.2 Å². The summed E-state index contributed by atoms with van der Waals surface area (Å²) in [7, 11) is 1.68. The molecule has 32 heavy (non-hydrogen) atoms. The Morgan fingerprint density at radius 3 is 2.66 bits per heavy atom. The molecule has 0 aromatic carbocycles. The van der Waals surface area contributed by atoms with Crippen LogP contribution in [0.15, 0.2) is 17.1 Å². The molecular formula is C25H32N2O5. The number of fused-ring (bicyclic) bond motifs is 3. The third-order valence-electron chi connectivity index (χ3n) is 7.10. The van der Waals surface area contributed by atoms with E-state index in [1.54, 1.807) is 7.11 Å². The van der Waals surface area contributed by atoms with Gasteiger partial charge in [-0.25, -0.2) is 9.78 Å². The molecule has 2 aliphatic rings. The molecule has 1 saturated carbocycles. The van der Waals surface area contributed by atoms with Crippen molar-refractivity contribution >= 4 is 5.97 Å². The van der Waals surface area contributed by atoms with E-state index in [2.05, 4.69) is 27.7 Å². The van der Waals surface area contributed by atoms with Crippen LogP contribution in [-0.4, -0.2) is 41.0 Å². The van der Waals surface area contributed by atoms with E-state index < -0.39 is 16.9 Å². The molecule has 7 nitrogen and oxygen atoms in total. The number of rotatable bonds is 8. The van der Waals surface area contributed by atoms with Gasteiger partial charge in [-0.1, -0.05) is 13.8 Å². The van der Waals surface area contributed by atoms with E-state index in [-0.39, 0.29) is 11.5 Å². The zero-order chi connectivity index (χ0) is 23.2. The molecule has 2 aromatic rings. The maximum atomic E-state index is 12.7. The standard InChI is InChI=1S/C25H32N2O5/c1-14(2)25(4)12-17-15(3)23(32-10-6-9-31-5)21(16-7-8-16)26-22(17)19-11-20(28)18(24(29)30)13-27(19)25/h11,13-14,16H,6-10,12H2,1-5H3,(H,29,30). The molecule has 1 N–H and O–H groups in total. The highest BCUT2D eigenvalue weighted by molar-refractivity contribution is 5.87. The van der Waals surface area contributed by atoms with Gasteiger partial charge < -0.3 is 19.1 Å². The number of aromatic carboxylic acids is 1. The van der Waals surface area contributed by atoms with E-state index in [1.807, 2.05) is 4.57 Å². The van der Waals surface area contributed by atoms with Gasteiger partial charge in [-0.3, -0.25) is 4.79 Å². The smallest absolute Gasteiger partial charge is 0.341 e. The number of hydrogen-bond acceptors (Lipinski definition) is 5. The summed E-state index contributed by atoms with van der Waals surface area (Å²) < 4.78 is 13.4. The van der Waals surface area contributed by atoms with Crippen LogP contribution in [0, 0.1) is 12.8 Å². The number of carboxylic acids is 1. The molecule has 4 rings (SSSR count). The summed E-state index contributed by atoms with van der Waals surface area (Å²) >= 11 is 0. The molecule has 1 aliphatic carbocycles. The third-order valence-corrected chi connectivity index (χ3v) is 7.10. The SMILES string of the molecule is COCCCOc1c(C2CC2)nc2c(c1C)CC(C)(C(C)C)n1cc(C(=O)O)c(=O)cc1-2. The number of ether oxygens (including phenoxy) is 2. The van der Waals surface area contributed by atoms with Crippen molar-refractivity contribution in [2.45, 2.75) is 64.8 Å². The van der Waals surface area contributed by atoms with Gasteiger partial charge in [0.05, 0.1) is 23.7 Å². The Hall–Kier alpha value is -2.67. The highest BCUT2D eigenvalue weighted by atomic mass is 16.5. The molecule has 1 aliphatic heterocycles. The topological polar surface area (TPSA) is 90.7 Å². The summed E-state index contributed by atoms with van der Waals surface area (Å²) in [5.74, 6) is 0.233. The Bertz CT molecular complexity index is 1120. The first-order valence-corrected chi connectivity index (χ1v) is 11.3. The number of pyridine rings is 2. The number of nitrogens with zero attached hydrogens (tertiary/aromatic N) is 2. The third kappa shape index (κ3) is 3.72. The Kier molecular flexibility index (Phi) is 5.88. The molecule has 1 atom stereocenters. The molecule has 0 radical (unpaired) electrons. The van der Waals surface area contributed by atoms with Crippen LogP contribution in [0.5, 0.6) is 5.75 Å². The Labute approximate surface area is 188 Å². The van der Waals surface area contributed by atoms with Gasteiger partial charge in [0, 0.05) is 43.9 Å². The zero-order valence-electron chi connectivity index (χ0n) is 19.5. The van der Waals surface area contributed by atoms with E-state index in [0.717, 1.165) is 47.5 Å². The Balaban J connectivity index is 1.92. The van der Waals surface area contributed by atoms with E-state index in [1.165, 1.54) is 12.3 Å². The van der Waals surface area contributed by atoms with Gasteiger partial charge in [-0.2, -0.15) is 0 Å². The number of carboxylic acid groups (broad SMARTS) is 1. The van der Waals surface area contributed by atoms with Crippen LogP contribution in [0.1, 0.15) is 73.1 Å². The molecule has 7 heteroatoms. The maximum absolute atomic E-state index is 12.7. The second-order valence-corrected chi connectivity index (χ2v) is 9.55. The lowest BCUT2D eigenvalue weighted by molar-refractivity contribution is 0.0693. The first kappa shape index (κ1) is 22.5. The maximum Gasteiger partial charge on any atom is 0.341 e. The molecule has 0 amide bonds. The number of aromatic nitrogens is 2. The van der Waals surface area contributed by atoms with Crippen molar-refractivity contribution in [2.24, 2.45) is 5.92 Å². The molecule has 0 spiro atoms. The lowest BCUT2D eigenvalue weighted by atomic mass is 9.77. The first-order chi connectivity index (χ1) is 15.2. The summed E-state index contributed by atoms with van der Waals surface area (Å²) in [5.41, 5.74) is 3.47. The van der Waals surface area contributed by atoms with Crippen molar-refractivity contribution in [3.63, 3.8) is 0 Å². The van der Waals surface area contributed by atoms with Gasteiger partial charge in [-0.05, 0) is 50.2 Å². The lowest BCUT2D eigenvalue weighted by Gasteiger charge is -2.43. The predicted molar refractivity (Wildman–Crippen MR) is 122 cm³/mol. The minimum absolute atomic E-state index is 0.201. The van der Waals surface area contributed by atoms with Crippen LogP contribution in [0.3, 0.4) is 0 Å². The van der Waals surface area contributed by atoms with Crippen molar-refractivity contribution in [2.75, 3.05) is 20.3 Å². The van der Waals surface area contributed by atoms with E-state index in [9.17, 15) is 14.7 Å². The summed E-state index contributed by atoms with van der Waals surface area (Å²) in [6, 6.07) is 1.45. The van der Waals surface area contributed by atoms with Crippen LogP contribution in [0.2, 0.25) is 0 Å². The normalized spacial score (nSPS) is 19.6. The van der Waals surface area contributed by atoms with Gasteiger partial charge >= 0.3 is 5.97 Å². The van der Waals surface area contributed by atoms with Crippen LogP contribution in [0.25, 0.3) is 11.4 Å². The highest BCUT2D eigenvalue weighted by Crippen LogP contribution is 2.49. The van der Waals surface area contributed by atoms with Gasteiger partial charge in [0.2, 0.25) is 0 Å². The van der Waals surface area contributed by atoms with Crippen LogP contribution in [0.4, 0.5) is 0 Å². The molecular weight excluding hydrogens is 408 g/mol. The molecule has 2 aromatic heterocycles. The predicted octanol–water partition coefficient (Wildman–Crippen LogP) is 4.14. The fraction of sp³-hybridized carbons (Fsp3) is 0.560. The summed E-state index contributed by atoms with van der Waals surface area (Å²) in [5, 5.41) is 9.54. The minimum atomic E-state index is -1.20. The largest absolute Gasteiger partial charge is 0.491 e. The molecule has 1 fully saturated rings. The van der Waals surface area contributed by atoms with Crippen LogP contribution >= 0.6 is 0 Å². The van der Waals surface area contributed by atoms with Gasteiger partial charge in [0.1, 0.15) is 11.3 Å². The fourth-order valence-electron chi connectivity index (χ4n) is 4.59. The van der Waals surface area contributed by atoms with Crippen molar-refractivity contribution in [3.05, 3.63) is 44.9 Å². The second-order valence-electron chi connectivity index (χ2n) is 9.55. The first-order valence-electron chi connectivity index (χ1n) is 11.3. The average Bonchev–Trinajstić information content (AvgIpc) is 3.57. The minimum Gasteiger partial charge on any atom is -0.491 e. The Morgan fingerprint density at radius 1 is 1.34 bits per heavy atom. The molecule has 172 valence electrons. The van der Waals surface area contributed by atoms with Crippen molar-refractivity contribution < 1.29 is 19.4 Å². The quantitative estimate of drug-likeness (QED) is 0.621. The van der Waals surface area contributed by atoms with Gasteiger partial charge in [-0.15, -0.1) is 0 Å². The van der Waals surface area contributed by atoms with E-state index >= 15 is 0 Å². The molecule has 0 saturated heterocycles. The summed E-state index contributed by atoms with van der Waals surface area (Å²) in [4.78, 5) is 29.4. The van der Waals surface area contributed by atoms with Crippen molar-refractivity contribution in [1.82, 2.24) is 9.55 Å². The van der Waals surface area contributed by atoms with Gasteiger partial charge in [0.15, 0.2) is 5.43 Å². The highest BCUT2D eigenvalue weighted by Gasteiger charge is 2.41. The number of methoxy groups -OCH3 is 1. The van der Waals surface area contributed by atoms with Crippen molar-refractivity contribution in [3.8, 4) is 17.1 Å². The average molecular weight is 441 g/mol. The van der Waals surface area contributed by atoms with E-state index in [4.69, 9.17) is 14.5 Å². The molecule has 3 heterocycles. The fourth-order valence-corrected chi connectivity index (χ4v) is 4.59. The number of hydrogen-bond donors (Lipinski definition) is 1. The van der Waals surface area contributed by atoms with Crippen molar-refractivity contribution in [1.29, 1.82) is 0 Å². The second kappa shape index (κ2) is 8.35. The lowest BCUT2D eigenvalue weighted by Crippen LogP contribution is -2.43. The van der Waals surface area contributed by atoms with Gasteiger partial charge in [0.25, 0.3) is 0 Å².